The van der Waals surface area contributed by atoms with E-state index in [0.717, 1.165) is 21.0 Å². The zero-order valence-corrected chi connectivity index (χ0v) is 12.3. The molecule has 0 bridgehead atoms. The van der Waals surface area contributed by atoms with Gasteiger partial charge >= 0.3 is 0 Å². The summed E-state index contributed by atoms with van der Waals surface area (Å²) in [6.07, 6.45) is 1.67. The summed E-state index contributed by atoms with van der Waals surface area (Å²) in [5.74, 6) is 1.70. The molecule has 0 spiro atoms. The van der Waals surface area contributed by atoms with E-state index in [1.165, 1.54) is 5.56 Å². The van der Waals surface area contributed by atoms with Gasteiger partial charge in [0.15, 0.2) is 0 Å². The quantitative estimate of drug-likeness (QED) is 0.870. The molecule has 0 aliphatic heterocycles. The summed E-state index contributed by atoms with van der Waals surface area (Å²) in [7, 11) is 1.66. The molecule has 5 heteroatoms. The van der Waals surface area contributed by atoms with E-state index >= 15 is 0 Å². The van der Waals surface area contributed by atoms with Gasteiger partial charge in [0.2, 0.25) is 0 Å². The zero-order chi connectivity index (χ0) is 13.0. The molecule has 2 N–H and O–H groups in total. The molecule has 0 fully saturated rings. The van der Waals surface area contributed by atoms with Gasteiger partial charge in [-0.05, 0) is 45.8 Å². The van der Waals surface area contributed by atoms with E-state index < -0.39 is 0 Å². The van der Waals surface area contributed by atoms with Crippen LogP contribution in [0, 0.1) is 0 Å². The van der Waals surface area contributed by atoms with Gasteiger partial charge in [0.1, 0.15) is 5.75 Å². The number of aromatic nitrogens is 1. The third kappa shape index (κ3) is 3.40. The van der Waals surface area contributed by atoms with Crippen molar-refractivity contribution < 1.29 is 4.74 Å². The predicted molar refractivity (Wildman–Crippen MR) is 78.9 cm³/mol. The first-order chi connectivity index (χ1) is 8.69. The molecule has 0 amide bonds. The number of ether oxygens (including phenoxy) is 1. The molecule has 3 nitrogen and oxygen atoms in total. The van der Waals surface area contributed by atoms with Crippen LogP contribution in [0.15, 0.2) is 46.0 Å². The Bertz CT molecular complexity index is 531. The molecule has 2 rings (SSSR count). The van der Waals surface area contributed by atoms with Gasteiger partial charge in [-0.3, -0.25) is 0 Å². The smallest absolute Gasteiger partial charge is 0.133 e. The summed E-state index contributed by atoms with van der Waals surface area (Å²) < 4.78 is 6.16. The molecule has 1 aromatic carbocycles. The topological polar surface area (TPSA) is 48.1 Å². The highest BCUT2D eigenvalue weighted by molar-refractivity contribution is 9.10. The van der Waals surface area contributed by atoms with E-state index in [1.54, 1.807) is 25.1 Å². The van der Waals surface area contributed by atoms with Crippen molar-refractivity contribution in [1.82, 2.24) is 4.98 Å². The number of methoxy groups -OCH3 is 1. The van der Waals surface area contributed by atoms with E-state index in [4.69, 9.17) is 10.5 Å². The molecule has 0 unspecified atom stereocenters. The Morgan fingerprint density at radius 3 is 2.78 bits per heavy atom. The van der Waals surface area contributed by atoms with Crippen molar-refractivity contribution >= 4 is 33.4 Å². The monoisotopic (exact) mass is 324 g/mol. The van der Waals surface area contributed by atoms with E-state index in [0.29, 0.717) is 5.69 Å². The first-order valence-electron chi connectivity index (χ1n) is 5.36. The van der Waals surface area contributed by atoms with Crippen LogP contribution in [0.3, 0.4) is 0 Å². The lowest BCUT2D eigenvalue weighted by molar-refractivity contribution is 0.412. The minimum absolute atomic E-state index is 0.687. The number of benzene rings is 1. The number of rotatable bonds is 4. The minimum Gasteiger partial charge on any atom is -0.496 e. The molecule has 0 atom stereocenters. The van der Waals surface area contributed by atoms with Crippen LogP contribution in [0.5, 0.6) is 5.75 Å². The maximum atomic E-state index is 5.59. The number of anilines is 1. The molecule has 0 saturated carbocycles. The fourth-order valence-electron chi connectivity index (χ4n) is 1.43. The van der Waals surface area contributed by atoms with Gasteiger partial charge in [-0.1, -0.05) is 6.07 Å². The maximum absolute atomic E-state index is 5.59. The highest BCUT2D eigenvalue weighted by atomic mass is 79.9. The van der Waals surface area contributed by atoms with Crippen molar-refractivity contribution in [1.29, 1.82) is 0 Å². The van der Waals surface area contributed by atoms with Crippen LogP contribution in [-0.2, 0) is 5.75 Å². The van der Waals surface area contributed by atoms with E-state index in [-0.39, 0.29) is 0 Å². The molecule has 1 heterocycles. The predicted octanol–water partition coefficient (Wildman–Crippen LogP) is 3.73. The fourth-order valence-corrected chi connectivity index (χ4v) is 2.81. The molecular formula is C13H13BrN2OS. The van der Waals surface area contributed by atoms with Crippen molar-refractivity contribution in [3.8, 4) is 5.75 Å². The van der Waals surface area contributed by atoms with Crippen molar-refractivity contribution in [2.45, 2.75) is 10.8 Å². The summed E-state index contributed by atoms with van der Waals surface area (Å²) in [6.45, 7) is 0. The molecule has 0 aliphatic rings. The van der Waals surface area contributed by atoms with Gasteiger partial charge in [-0.2, -0.15) is 0 Å². The second-order valence-corrected chi connectivity index (χ2v) is 5.54. The Labute approximate surface area is 119 Å². The number of pyridine rings is 1. The Morgan fingerprint density at radius 1 is 1.33 bits per heavy atom. The minimum atomic E-state index is 0.687. The summed E-state index contributed by atoms with van der Waals surface area (Å²) in [5, 5.41) is 0.969. The SMILES string of the molecule is COc1ccc(CSc2ccc(N)cn2)cc1Br. The lowest BCUT2D eigenvalue weighted by Crippen LogP contribution is -1.89. The highest BCUT2D eigenvalue weighted by Gasteiger charge is 2.02. The van der Waals surface area contributed by atoms with Crippen LogP contribution >= 0.6 is 27.7 Å². The van der Waals surface area contributed by atoms with Crippen LogP contribution in [0.25, 0.3) is 0 Å². The summed E-state index contributed by atoms with van der Waals surface area (Å²) >= 11 is 5.15. The second-order valence-electron chi connectivity index (χ2n) is 3.69. The molecule has 94 valence electrons. The van der Waals surface area contributed by atoms with Crippen LogP contribution in [0.4, 0.5) is 5.69 Å². The van der Waals surface area contributed by atoms with Gasteiger partial charge in [0.05, 0.1) is 28.5 Å². The molecule has 2 aromatic rings. The molecule has 0 saturated heterocycles. The Hall–Kier alpha value is -1.20. The lowest BCUT2D eigenvalue weighted by Gasteiger charge is -2.06. The molecule has 0 aliphatic carbocycles. The van der Waals surface area contributed by atoms with Crippen molar-refractivity contribution in [2.24, 2.45) is 0 Å². The Kier molecular flexibility index (Phi) is 4.49. The number of hydrogen-bond acceptors (Lipinski definition) is 4. The molecule has 1 aromatic heterocycles. The summed E-state index contributed by atoms with van der Waals surface area (Å²) in [5.41, 5.74) is 7.49. The largest absolute Gasteiger partial charge is 0.496 e. The third-order valence-corrected chi connectivity index (χ3v) is 4.00. The van der Waals surface area contributed by atoms with Gasteiger partial charge in [0, 0.05) is 5.75 Å². The van der Waals surface area contributed by atoms with Crippen molar-refractivity contribution in [2.75, 3.05) is 12.8 Å². The summed E-state index contributed by atoms with van der Waals surface area (Å²) in [6, 6.07) is 9.85. The first kappa shape index (κ1) is 13.2. The van der Waals surface area contributed by atoms with Gasteiger partial charge in [-0.15, -0.1) is 11.8 Å². The molecular weight excluding hydrogens is 312 g/mol. The van der Waals surface area contributed by atoms with Crippen LogP contribution in [0.1, 0.15) is 5.56 Å². The first-order valence-corrected chi connectivity index (χ1v) is 7.13. The Morgan fingerprint density at radius 2 is 2.17 bits per heavy atom. The highest BCUT2D eigenvalue weighted by Crippen LogP contribution is 2.28. The summed E-state index contributed by atoms with van der Waals surface area (Å²) in [4.78, 5) is 4.25. The normalized spacial score (nSPS) is 10.3. The number of nitrogens with two attached hydrogens (primary N) is 1. The van der Waals surface area contributed by atoms with Gasteiger partial charge in [-0.25, -0.2) is 4.98 Å². The van der Waals surface area contributed by atoms with E-state index in [9.17, 15) is 0 Å². The second kappa shape index (κ2) is 6.11. The van der Waals surface area contributed by atoms with Crippen molar-refractivity contribution in [3.05, 3.63) is 46.6 Å². The maximum Gasteiger partial charge on any atom is 0.133 e. The molecule has 18 heavy (non-hydrogen) atoms. The average molecular weight is 325 g/mol. The third-order valence-electron chi connectivity index (χ3n) is 2.36. The fraction of sp³-hybridized carbons (Fsp3) is 0.154. The van der Waals surface area contributed by atoms with Crippen LogP contribution in [0.2, 0.25) is 0 Å². The lowest BCUT2D eigenvalue weighted by atomic mass is 10.2. The van der Waals surface area contributed by atoms with Gasteiger partial charge < -0.3 is 10.5 Å². The number of nitrogens with zero attached hydrogens (tertiary/aromatic N) is 1. The van der Waals surface area contributed by atoms with Crippen LogP contribution < -0.4 is 10.5 Å². The standard InChI is InChI=1S/C13H13BrN2OS/c1-17-12-4-2-9(6-11(12)14)8-18-13-5-3-10(15)7-16-13/h2-7H,8,15H2,1H3. The van der Waals surface area contributed by atoms with Crippen LogP contribution in [-0.4, -0.2) is 12.1 Å². The number of hydrogen-bond donors (Lipinski definition) is 1. The number of thioether (sulfide) groups is 1. The van der Waals surface area contributed by atoms with Gasteiger partial charge in [0.25, 0.3) is 0 Å². The van der Waals surface area contributed by atoms with Crippen molar-refractivity contribution in [3.63, 3.8) is 0 Å². The number of nitrogen functional groups attached to an aromatic ring is 1. The van der Waals surface area contributed by atoms with E-state index in [1.807, 2.05) is 24.3 Å². The Balaban J connectivity index is 2.02. The average Bonchev–Trinajstić information content (AvgIpc) is 2.38. The molecule has 0 radical (unpaired) electrons. The number of halogens is 1. The zero-order valence-electron chi connectivity index (χ0n) is 9.89. The van der Waals surface area contributed by atoms with E-state index in [2.05, 4.69) is 27.0 Å².